The molecule has 0 radical (unpaired) electrons. The van der Waals surface area contributed by atoms with Gasteiger partial charge in [-0.25, -0.2) is 4.79 Å². The summed E-state index contributed by atoms with van der Waals surface area (Å²) in [5, 5.41) is 17.9. The van der Waals surface area contributed by atoms with E-state index in [1.807, 2.05) is 4.90 Å². The van der Waals surface area contributed by atoms with Crippen LogP contribution >= 0.6 is 9.24 Å². The van der Waals surface area contributed by atoms with Crippen molar-refractivity contribution in [1.82, 2.24) is 4.90 Å². The molecule has 0 heterocycles. The molecule has 24 heavy (non-hydrogen) atoms. The third kappa shape index (κ3) is 9.96. The Morgan fingerprint density at radius 3 is 1.54 bits per heavy atom. The summed E-state index contributed by atoms with van der Waals surface area (Å²) in [6, 6.07) is 0. The van der Waals surface area contributed by atoms with Gasteiger partial charge >= 0.3 is 5.97 Å². The summed E-state index contributed by atoms with van der Waals surface area (Å²) >= 11 is 0. The van der Waals surface area contributed by atoms with Crippen molar-refractivity contribution < 1.29 is 15.0 Å². The summed E-state index contributed by atoms with van der Waals surface area (Å²) in [6.07, 6.45) is 14.3. The van der Waals surface area contributed by atoms with Crippen molar-refractivity contribution in [3.05, 3.63) is 0 Å². The first kappa shape index (κ1) is 23.8. The van der Waals surface area contributed by atoms with Gasteiger partial charge in [-0.15, -0.1) is 9.24 Å². The fourth-order valence-corrected chi connectivity index (χ4v) is 3.24. The maximum absolute atomic E-state index is 11.6. The number of nitrogens with zero attached hydrogens (tertiary/aromatic N) is 1. The molecule has 0 bridgehead atoms. The Morgan fingerprint density at radius 2 is 1.21 bits per heavy atom. The molecule has 0 aliphatic heterocycles. The summed E-state index contributed by atoms with van der Waals surface area (Å²) in [5.41, 5.74) is 0. The number of aliphatic hydroxyl groups excluding tert-OH is 1. The first-order chi connectivity index (χ1) is 11.5. The molecule has 5 heteroatoms. The molecule has 0 aliphatic rings. The molecular weight excluding hydrogens is 321 g/mol. The Kier molecular flexibility index (Phi) is 15.0. The molecule has 0 aliphatic carbocycles. The van der Waals surface area contributed by atoms with Gasteiger partial charge < -0.3 is 10.2 Å². The number of hydrogen-bond acceptors (Lipinski definition) is 3. The SMILES string of the molecule is CCCCCCCCN(CCCCCCCC)C(P)(CO)C(=O)O. The number of aliphatic carboxylic acids is 1. The number of carbonyl (C=O) groups is 1. The molecule has 0 rings (SSSR count). The molecule has 2 unspecified atom stereocenters. The standard InChI is InChI=1S/C19H40NO3P/c1-3-5-7-9-11-13-15-20(19(24,17-21)18(22)23)16-14-12-10-8-6-4-2/h21H,3-17,24H2,1-2H3,(H,22,23). The van der Waals surface area contributed by atoms with Crippen molar-refractivity contribution in [2.24, 2.45) is 0 Å². The zero-order valence-corrected chi connectivity index (χ0v) is 17.1. The molecule has 0 aromatic rings. The smallest absolute Gasteiger partial charge is 0.330 e. The van der Waals surface area contributed by atoms with E-state index in [9.17, 15) is 15.0 Å². The highest BCUT2D eigenvalue weighted by atomic mass is 31.0. The van der Waals surface area contributed by atoms with E-state index >= 15 is 0 Å². The largest absolute Gasteiger partial charge is 0.480 e. The Labute approximate surface area is 151 Å². The Balaban J connectivity index is 4.31. The second kappa shape index (κ2) is 15.1. The number of hydrogen-bond donors (Lipinski definition) is 2. The molecule has 0 aromatic carbocycles. The van der Waals surface area contributed by atoms with Crippen molar-refractivity contribution in [3.8, 4) is 0 Å². The zero-order valence-electron chi connectivity index (χ0n) is 15.9. The number of unbranched alkanes of at least 4 members (excludes halogenated alkanes) is 10. The predicted octanol–water partition coefficient (Wildman–Crippen LogP) is 4.66. The minimum Gasteiger partial charge on any atom is -0.480 e. The fourth-order valence-electron chi connectivity index (χ4n) is 2.98. The number of aliphatic hydroxyl groups is 1. The Bertz CT molecular complexity index is 299. The van der Waals surface area contributed by atoms with Crippen LogP contribution in [0.3, 0.4) is 0 Å². The molecule has 0 saturated carbocycles. The van der Waals surface area contributed by atoms with E-state index in [0.29, 0.717) is 0 Å². The van der Waals surface area contributed by atoms with Crippen LogP contribution in [0.2, 0.25) is 0 Å². The van der Waals surface area contributed by atoms with Gasteiger partial charge in [-0.05, 0) is 25.9 Å². The van der Waals surface area contributed by atoms with Crippen LogP contribution in [0.1, 0.15) is 90.9 Å². The molecule has 0 spiro atoms. The van der Waals surface area contributed by atoms with E-state index in [1.165, 1.54) is 51.4 Å². The molecule has 144 valence electrons. The molecule has 2 atom stereocenters. The minimum atomic E-state index is -1.23. The lowest BCUT2D eigenvalue weighted by atomic mass is 10.1. The van der Waals surface area contributed by atoms with E-state index < -0.39 is 11.2 Å². The van der Waals surface area contributed by atoms with Crippen LogP contribution in [-0.2, 0) is 4.79 Å². The molecule has 0 saturated heterocycles. The molecule has 0 fully saturated rings. The van der Waals surface area contributed by atoms with Crippen molar-refractivity contribution >= 4 is 15.2 Å². The van der Waals surface area contributed by atoms with Crippen molar-refractivity contribution in [2.45, 2.75) is 96.2 Å². The Morgan fingerprint density at radius 1 is 0.833 bits per heavy atom. The highest BCUT2D eigenvalue weighted by molar-refractivity contribution is 7.20. The normalized spacial score (nSPS) is 14.0. The second-order valence-corrected chi connectivity index (χ2v) is 7.87. The van der Waals surface area contributed by atoms with Crippen LogP contribution in [0.5, 0.6) is 0 Å². The van der Waals surface area contributed by atoms with Gasteiger partial charge in [0.2, 0.25) is 0 Å². The molecule has 0 aromatic heterocycles. The minimum absolute atomic E-state index is 0.362. The second-order valence-electron chi connectivity index (χ2n) is 6.91. The van der Waals surface area contributed by atoms with E-state index in [0.717, 1.165) is 38.8 Å². The molecule has 2 N–H and O–H groups in total. The van der Waals surface area contributed by atoms with Gasteiger partial charge in [-0.1, -0.05) is 78.1 Å². The van der Waals surface area contributed by atoms with Crippen molar-refractivity contribution in [3.63, 3.8) is 0 Å². The van der Waals surface area contributed by atoms with Crippen molar-refractivity contribution in [1.29, 1.82) is 0 Å². The number of carboxylic acid groups (broad SMARTS) is 1. The van der Waals surface area contributed by atoms with E-state index in [-0.39, 0.29) is 6.61 Å². The lowest BCUT2D eigenvalue weighted by molar-refractivity contribution is -0.147. The Hall–Kier alpha value is -0.180. The quantitative estimate of drug-likeness (QED) is 0.292. The van der Waals surface area contributed by atoms with Gasteiger partial charge in [0.1, 0.15) is 0 Å². The third-order valence-corrected chi connectivity index (χ3v) is 5.53. The molecule has 0 amide bonds. The van der Waals surface area contributed by atoms with Gasteiger partial charge in [-0.3, -0.25) is 4.90 Å². The van der Waals surface area contributed by atoms with Gasteiger partial charge in [0, 0.05) is 0 Å². The van der Waals surface area contributed by atoms with Crippen molar-refractivity contribution in [2.75, 3.05) is 19.7 Å². The van der Waals surface area contributed by atoms with Crippen LogP contribution in [-0.4, -0.2) is 46.1 Å². The van der Waals surface area contributed by atoms with Crippen LogP contribution in [0.4, 0.5) is 0 Å². The van der Waals surface area contributed by atoms with E-state index in [1.54, 1.807) is 0 Å². The average Bonchev–Trinajstić information content (AvgIpc) is 2.58. The maximum atomic E-state index is 11.6. The maximum Gasteiger partial charge on any atom is 0.330 e. The zero-order chi connectivity index (χ0) is 18.3. The summed E-state index contributed by atoms with van der Waals surface area (Å²) in [4.78, 5) is 13.6. The molecule has 4 nitrogen and oxygen atoms in total. The summed E-state index contributed by atoms with van der Waals surface area (Å²) in [5.74, 6) is -0.952. The van der Waals surface area contributed by atoms with Gasteiger partial charge in [0.25, 0.3) is 0 Å². The summed E-state index contributed by atoms with van der Waals surface area (Å²) in [7, 11) is 2.38. The van der Waals surface area contributed by atoms with Gasteiger partial charge in [-0.2, -0.15) is 0 Å². The van der Waals surface area contributed by atoms with Gasteiger partial charge in [0.05, 0.1) is 6.61 Å². The highest BCUT2D eigenvalue weighted by Crippen LogP contribution is 2.25. The third-order valence-electron chi connectivity index (χ3n) is 4.74. The van der Waals surface area contributed by atoms with Crippen LogP contribution in [0, 0.1) is 0 Å². The lowest BCUT2D eigenvalue weighted by Crippen LogP contribution is -2.53. The van der Waals surface area contributed by atoms with Crippen LogP contribution in [0.25, 0.3) is 0 Å². The number of carboxylic acids is 1. The topological polar surface area (TPSA) is 60.8 Å². The first-order valence-electron chi connectivity index (χ1n) is 9.91. The first-order valence-corrected chi connectivity index (χ1v) is 10.5. The summed E-state index contributed by atoms with van der Waals surface area (Å²) in [6.45, 7) is 5.55. The summed E-state index contributed by atoms with van der Waals surface area (Å²) < 4.78 is 0. The number of rotatable bonds is 17. The lowest BCUT2D eigenvalue weighted by Gasteiger charge is -2.36. The van der Waals surface area contributed by atoms with Crippen LogP contribution < -0.4 is 0 Å². The van der Waals surface area contributed by atoms with E-state index in [4.69, 9.17) is 0 Å². The highest BCUT2D eigenvalue weighted by Gasteiger charge is 2.38. The van der Waals surface area contributed by atoms with Gasteiger partial charge in [0.15, 0.2) is 5.28 Å². The van der Waals surface area contributed by atoms with E-state index in [2.05, 4.69) is 23.1 Å². The average molecular weight is 362 g/mol. The monoisotopic (exact) mass is 361 g/mol. The predicted molar refractivity (Wildman–Crippen MR) is 105 cm³/mol. The fraction of sp³-hybridized carbons (Fsp3) is 0.947. The molecular formula is C19H40NO3P. The van der Waals surface area contributed by atoms with Crippen LogP contribution in [0.15, 0.2) is 0 Å².